The number of nitrogens with zero attached hydrogens (tertiary/aromatic N) is 1. The lowest BCUT2D eigenvalue weighted by atomic mass is 10.1. The molecule has 0 saturated carbocycles. The second-order valence-corrected chi connectivity index (χ2v) is 9.17. The van der Waals surface area contributed by atoms with Crippen molar-refractivity contribution < 1.29 is 17.9 Å². The minimum atomic E-state index is -3.75. The van der Waals surface area contributed by atoms with E-state index in [1.54, 1.807) is 35.2 Å². The summed E-state index contributed by atoms with van der Waals surface area (Å²) in [5.41, 5.74) is 2.19. The zero-order valence-electron chi connectivity index (χ0n) is 15.8. The highest BCUT2D eigenvalue weighted by molar-refractivity contribution is 7.92. The monoisotopic (exact) mass is 428 g/mol. The van der Waals surface area contributed by atoms with Gasteiger partial charge in [0.05, 0.1) is 22.1 Å². The molecule has 6 nitrogen and oxygen atoms in total. The summed E-state index contributed by atoms with van der Waals surface area (Å²) in [5.74, 6) is 0.553. The Morgan fingerprint density at radius 1 is 1.17 bits per heavy atom. The molecule has 0 radical (unpaired) electrons. The van der Waals surface area contributed by atoms with Gasteiger partial charge in [-0.15, -0.1) is 11.3 Å². The first-order valence-electron chi connectivity index (χ1n) is 9.22. The molecule has 1 aliphatic rings. The fourth-order valence-corrected chi connectivity index (χ4v) is 5.00. The maximum atomic E-state index is 12.8. The van der Waals surface area contributed by atoms with Gasteiger partial charge in [0.2, 0.25) is 0 Å². The summed E-state index contributed by atoms with van der Waals surface area (Å²) in [7, 11) is -3.75. The van der Waals surface area contributed by atoms with Gasteiger partial charge in [-0.3, -0.25) is 9.52 Å². The fraction of sp³-hybridized carbons (Fsp3) is 0.190. The number of carbonyl (C=O) groups excluding carboxylic acids is 1. The van der Waals surface area contributed by atoms with Crippen molar-refractivity contribution in [2.24, 2.45) is 0 Å². The molecule has 1 aromatic heterocycles. The highest BCUT2D eigenvalue weighted by Gasteiger charge is 2.27. The van der Waals surface area contributed by atoms with Crippen LogP contribution >= 0.6 is 11.3 Å². The molecule has 1 N–H and O–H groups in total. The lowest BCUT2D eigenvalue weighted by Crippen LogP contribution is -2.28. The summed E-state index contributed by atoms with van der Waals surface area (Å²) in [6.07, 6.45) is 0.748. The van der Waals surface area contributed by atoms with Gasteiger partial charge in [0.1, 0.15) is 5.75 Å². The number of thiophene rings is 1. The number of hydrogen-bond donors (Lipinski definition) is 1. The van der Waals surface area contributed by atoms with Crippen LogP contribution in [-0.2, 0) is 16.4 Å². The first kappa shape index (κ1) is 19.5. The molecule has 4 rings (SSSR count). The van der Waals surface area contributed by atoms with Gasteiger partial charge in [-0.2, -0.15) is 0 Å². The van der Waals surface area contributed by atoms with Crippen molar-refractivity contribution in [2.75, 3.05) is 22.8 Å². The van der Waals surface area contributed by atoms with Gasteiger partial charge in [-0.1, -0.05) is 12.1 Å². The smallest absolute Gasteiger partial charge is 0.268 e. The Morgan fingerprint density at radius 3 is 2.66 bits per heavy atom. The molecule has 0 spiro atoms. The Bertz CT molecular complexity index is 1120. The van der Waals surface area contributed by atoms with Crippen molar-refractivity contribution in [2.45, 2.75) is 18.2 Å². The molecule has 0 atom stereocenters. The summed E-state index contributed by atoms with van der Waals surface area (Å²) in [4.78, 5) is 15.3. The van der Waals surface area contributed by atoms with Crippen LogP contribution in [0.2, 0.25) is 0 Å². The van der Waals surface area contributed by atoms with E-state index >= 15 is 0 Å². The van der Waals surface area contributed by atoms with Gasteiger partial charge in [0.15, 0.2) is 0 Å². The number of anilines is 2. The van der Waals surface area contributed by atoms with Gasteiger partial charge < -0.3 is 9.64 Å². The zero-order valence-corrected chi connectivity index (χ0v) is 17.4. The number of rotatable bonds is 6. The molecule has 2 aromatic carbocycles. The van der Waals surface area contributed by atoms with Crippen LogP contribution in [0.1, 0.15) is 22.2 Å². The van der Waals surface area contributed by atoms with Crippen LogP contribution in [-0.4, -0.2) is 27.5 Å². The van der Waals surface area contributed by atoms with Gasteiger partial charge in [0.25, 0.3) is 15.9 Å². The normalized spacial score (nSPS) is 13.2. The molecular formula is C21H20N2O4S2. The Balaban J connectivity index is 1.57. The molecule has 0 bridgehead atoms. The van der Waals surface area contributed by atoms with Crippen LogP contribution in [0.15, 0.2) is 64.9 Å². The standard InChI is InChI=1S/C21H20N2O4S2/c1-2-27-17-7-9-18(10-8-17)29(25,26)22-16-6-5-15-11-12-23(19(15)14-16)21(24)20-4-3-13-28-20/h3-10,13-14,22H,2,11-12H2,1H3. The third-order valence-electron chi connectivity index (χ3n) is 4.66. The van der Waals surface area contributed by atoms with E-state index in [2.05, 4.69) is 4.72 Å². The third kappa shape index (κ3) is 3.99. The van der Waals surface area contributed by atoms with Crippen molar-refractivity contribution in [3.05, 3.63) is 70.4 Å². The molecule has 1 amide bonds. The highest BCUT2D eigenvalue weighted by Crippen LogP contribution is 2.33. The average Bonchev–Trinajstić information content (AvgIpc) is 3.38. The Labute approximate surface area is 173 Å². The van der Waals surface area contributed by atoms with E-state index in [1.165, 1.54) is 23.5 Å². The van der Waals surface area contributed by atoms with Crippen molar-refractivity contribution in [1.82, 2.24) is 0 Å². The molecule has 8 heteroatoms. The second-order valence-electron chi connectivity index (χ2n) is 6.54. The number of sulfonamides is 1. The first-order chi connectivity index (χ1) is 14.0. The predicted octanol–water partition coefficient (Wildman–Crippen LogP) is 4.15. The van der Waals surface area contributed by atoms with E-state index in [1.807, 2.05) is 24.4 Å². The number of hydrogen-bond acceptors (Lipinski definition) is 5. The van der Waals surface area contributed by atoms with Crippen LogP contribution in [0.3, 0.4) is 0 Å². The molecule has 0 unspecified atom stereocenters. The first-order valence-corrected chi connectivity index (χ1v) is 11.6. The minimum absolute atomic E-state index is 0.0646. The van der Waals surface area contributed by atoms with Crippen LogP contribution in [0.25, 0.3) is 0 Å². The summed E-state index contributed by atoms with van der Waals surface area (Å²) in [6.45, 7) is 2.97. The maximum absolute atomic E-state index is 12.8. The Hall–Kier alpha value is -2.84. The summed E-state index contributed by atoms with van der Waals surface area (Å²) >= 11 is 1.40. The van der Waals surface area contributed by atoms with Gasteiger partial charge >= 0.3 is 0 Å². The van der Waals surface area contributed by atoms with Gasteiger partial charge in [0, 0.05) is 12.2 Å². The number of fused-ring (bicyclic) bond motifs is 1. The molecule has 0 saturated heterocycles. The van der Waals surface area contributed by atoms with Gasteiger partial charge in [-0.05, 0) is 66.8 Å². The quantitative estimate of drug-likeness (QED) is 0.640. The van der Waals surface area contributed by atoms with Crippen LogP contribution in [0.4, 0.5) is 11.4 Å². The van der Waals surface area contributed by atoms with E-state index in [9.17, 15) is 13.2 Å². The van der Waals surface area contributed by atoms with E-state index in [-0.39, 0.29) is 10.8 Å². The van der Waals surface area contributed by atoms with Gasteiger partial charge in [-0.25, -0.2) is 8.42 Å². The Kier molecular flexibility index (Phi) is 5.29. The lowest BCUT2D eigenvalue weighted by Gasteiger charge is -2.17. The van der Waals surface area contributed by atoms with Crippen LogP contribution < -0.4 is 14.4 Å². The van der Waals surface area contributed by atoms with Crippen molar-refractivity contribution in [3.63, 3.8) is 0 Å². The molecule has 2 heterocycles. The molecule has 1 aliphatic heterocycles. The van der Waals surface area contributed by atoms with E-state index in [4.69, 9.17) is 4.74 Å². The van der Waals surface area contributed by atoms with Crippen LogP contribution in [0, 0.1) is 0 Å². The molecule has 150 valence electrons. The zero-order chi connectivity index (χ0) is 20.4. The van der Waals surface area contributed by atoms with Crippen molar-refractivity contribution in [3.8, 4) is 5.75 Å². The van der Waals surface area contributed by atoms with Crippen LogP contribution in [0.5, 0.6) is 5.75 Å². The fourth-order valence-electron chi connectivity index (χ4n) is 3.28. The average molecular weight is 429 g/mol. The van der Waals surface area contributed by atoms with E-state index < -0.39 is 10.0 Å². The molecule has 0 fully saturated rings. The second kappa shape index (κ2) is 7.88. The molecule has 3 aromatic rings. The minimum Gasteiger partial charge on any atom is -0.494 e. The third-order valence-corrected chi connectivity index (χ3v) is 6.91. The maximum Gasteiger partial charge on any atom is 0.268 e. The number of benzene rings is 2. The molecular weight excluding hydrogens is 408 g/mol. The van der Waals surface area contributed by atoms with Crippen molar-refractivity contribution in [1.29, 1.82) is 0 Å². The SMILES string of the molecule is CCOc1ccc(S(=O)(=O)Nc2ccc3c(c2)N(C(=O)c2cccs2)CC3)cc1. The molecule has 29 heavy (non-hydrogen) atoms. The predicted molar refractivity (Wildman–Crippen MR) is 115 cm³/mol. The molecule has 0 aliphatic carbocycles. The van der Waals surface area contributed by atoms with E-state index in [0.717, 1.165) is 17.7 Å². The number of carbonyl (C=O) groups is 1. The summed E-state index contributed by atoms with van der Waals surface area (Å²) < 4.78 is 33.4. The number of nitrogens with one attached hydrogen (secondary N) is 1. The highest BCUT2D eigenvalue weighted by atomic mass is 32.2. The summed E-state index contributed by atoms with van der Waals surface area (Å²) in [6, 6.07) is 15.2. The number of amides is 1. The van der Waals surface area contributed by atoms with Crippen molar-refractivity contribution >= 4 is 38.6 Å². The topological polar surface area (TPSA) is 75.7 Å². The Morgan fingerprint density at radius 2 is 1.97 bits per heavy atom. The lowest BCUT2D eigenvalue weighted by molar-refractivity contribution is 0.0993. The number of ether oxygens (including phenoxy) is 1. The summed E-state index contributed by atoms with van der Waals surface area (Å²) in [5, 5.41) is 1.87. The largest absolute Gasteiger partial charge is 0.494 e. The van der Waals surface area contributed by atoms with E-state index in [0.29, 0.717) is 29.5 Å².